The van der Waals surface area contributed by atoms with Crippen LogP contribution in [0.2, 0.25) is 5.02 Å². The van der Waals surface area contributed by atoms with Crippen molar-refractivity contribution >= 4 is 39.1 Å². The second kappa shape index (κ2) is 6.04. The minimum absolute atomic E-state index is 0.266. The number of anilines is 1. The van der Waals surface area contributed by atoms with Crippen LogP contribution in [0, 0.1) is 17.1 Å². The molecule has 0 aromatic heterocycles. The minimum Gasteiger partial charge on any atom is -0.322 e. The Balaban J connectivity index is 2.26. The third kappa shape index (κ3) is 3.16. The molecule has 0 bridgehead atoms. The highest BCUT2D eigenvalue weighted by Gasteiger charge is 2.11. The normalized spacial score (nSPS) is 9.90. The molecule has 3 nitrogen and oxygen atoms in total. The quantitative estimate of drug-likeness (QED) is 0.872. The highest BCUT2D eigenvalue weighted by molar-refractivity contribution is 9.10. The molecule has 0 radical (unpaired) electrons. The first-order valence-corrected chi connectivity index (χ1v) is 6.64. The number of amides is 1. The van der Waals surface area contributed by atoms with Crippen LogP contribution in [0.5, 0.6) is 0 Å². The van der Waals surface area contributed by atoms with Gasteiger partial charge in [-0.05, 0) is 52.3 Å². The average Bonchev–Trinajstić information content (AvgIpc) is 2.40. The molecule has 0 fully saturated rings. The Morgan fingerprint density at radius 2 is 2.05 bits per heavy atom. The SMILES string of the molecule is N#Cc1cc(NC(=O)c2ccc(F)cc2Br)ccc1Cl. The van der Waals surface area contributed by atoms with Gasteiger partial charge in [0.2, 0.25) is 0 Å². The largest absolute Gasteiger partial charge is 0.322 e. The van der Waals surface area contributed by atoms with Crippen LogP contribution in [0.1, 0.15) is 15.9 Å². The van der Waals surface area contributed by atoms with Gasteiger partial charge in [0.25, 0.3) is 5.91 Å². The van der Waals surface area contributed by atoms with Gasteiger partial charge in [0.05, 0.1) is 16.1 Å². The summed E-state index contributed by atoms with van der Waals surface area (Å²) in [6, 6.07) is 10.3. The van der Waals surface area contributed by atoms with Crippen molar-refractivity contribution < 1.29 is 9.18 Å². The van der Waals surface area contributed by atoms with Gasteiger partial charge < -0.3 is 5.32 Å². The van der Waals surface area contributed by atoms with Gasteiger partial charge in [0.15, 0.2) is 0 Å². The van der Waals surface area contributed by atoms with E-state index in [1.165, 1.54) is 30.3 Å². The fourth-order valence-electron chi connectivity index (χ4n) is 1.56. The van der Waals surface area contributed by atoms with Gasteiger partial charge in [-0.2, -0.15) is 5.26 Å². The lowest BCUT2D eigenvalue weighted by atomic mass is 10.2. The maximum atomic E-state index is 13.0. The summed E-state index contributed by atoms with van der Waals surface area (Å²) in [6.45, 7) is 0. The molecule has 2 rings (SSSR count). The van der Waals surface area contributed by atoms with E-state index in [1.807, 2.05) is 6.07 Å². The van der Waals surface area contributed by atoms with E-state index >= 15 is 0 Å². The van der Waals surface area contributed by atoms with Crippen molar-refractivity contribution in [3.63, 3.8) is 0 Å². The predicted octanol–water partition coefficient (Wildman–Crippen LogP) is 4.37. The zero-order valence-corrected chi connectivity index (χ0v) is 12.3. The molecule has 1 amide bonds. The molecule has 0 aliphatic heterocycles. The predicted molar refractivity (Wildman–Crippen MR) is 78.2 cm³/mol. The van der Waals surface area contributed by atoms with Crippen molar-refractivity contribution in [3.8, 4) is 6.07 Å². The fourth-order valence-corrected chi connectivity index (χ4v) is 2.25. The van der Waals surface area contributed by atoms with E-state index in [0.29, 0.717) is 20.7 Å². The topological polar surface area (TPSA) is 52.9 Å². The smallest absolute Gasteiger partial charge is 0.256 e. The number of nitrogens with one attached hydrogen (secondary N) is 1. The lowest BCUT2D eigenvalue weighted by Gasteiger charge is -2.07. The number of nitrogens with zero attached hydrogens (tertiary/aromatic N) is 1. The summed E-state index contributed by atoms with van der Waals surface area (Å²) in [6.07, 6.45) is 0. The summed E-state index contributed by atoms with van der Waals surface area (Å²) in [7, 11) is 0. The van der Waals surface area contributed by atoms with E-state index in [1.54, 1.807) is 6.07 Å². The molecule has 0 heterocycles. The van der Waals surface area contributed by atoms with Crippen LogP contribution in [0.15, 0.2) is 40.9 Å². The number of halogens is 3. The van der Waals surface area contributed by atoms with Crippen molar-refractivity contribution in [1.82, 2.24) is 0 Å². The Morgan fingerprint density at radius 1 is 1.30 bits per heavy atom. The summed E-state index contributed by atoms with van der Waals surface area (Å²) >= 11 is 8.93. The van der Waals surface area contributed by atoms with Crippen LogP contribution in [0.25, 0.3) is 0 Å². The number of carbonyl (C=O) groups excluding carboxylic acids is 1. The average molecular weight is 354 g/mol. The summed E-state index contributed by atoms with van der Waals surface area (Å²) in [5, 5.41) is 11.8. The minimum atomic E-state index is -0.438. The summed E-state index contributed by atoms with van der Waals surface area (Å²) < 4.78 is 13.3. The van der Waals surface area contributed by atoms with E-state index in [9.17, 15) is 9.18 Å². The number of hydrogen-bond acceptors (Lipinski definition) is 2. The molecule has 6 heteroatoms. The number of carbonyl (C=O) groups is 1. The molecule has 0 saturated heterocycles. The van der Waals surface area contributed by atoms with Gasteiger partial charge in [-0.3, -0.25) is 4.79 Å². The molecule has 0 aliphatic rings. The monoisotopic (exact) mass is 352 g/mol. The molecular formula is C14H7BrClFN2O. The van der Waals surface area contributed by atoms with E-state index in [0.717, 1.165) is 0 Å². The van der Waals surface area contributed by atoms with E-state index in [4.69, 9.17) is 16.9 Å². The van der Waals surface area contributed by atoms with Crippen molar-refractivity contribution in [2.24, 2.45) is 0 Å². The van der Waals surface area contributed by atoms with Crippen LogP contribution >= 0.6 is 27.5 Å². The van der Waals surface area contributed by atoms with Gasteiger partial charge >= 0.3 is 0 Å². The van der Waals surface area contributed by atoms with Crippen LogP contribution in [0.4, 0.5) is 10.1 Å². The van der Waals surface area contributed by atoms with Crippen LogP contribution in [-0.2, 0) is 0 Å². The zero-order chi connectivity index (χ0) is 14.7. The molecule has 100 valence electrons. The van der Waals surface area contributed by atoms with Crippen molar-refractivity contribution in [3.05, 3.63) is 62.8 Å². The maximum absolute atomic E-state index is 13.0. The van der Waals surface area contributed by atoms with Crippen molar-refractivity contribution in [1.29, 1.82) is 5.26 Å². The molecule has 0 unspecified atom stereocenters. The van der Waals surface area contributed by atoms with E-state index in [2.05, 4.69) is 21.2 Å². The van der Waals surface area contributed by atoms with Gasteiger partial charge in [0.1, 0.15) is 11.9 Å². The second-order valence-electron chi connectivity index (χ2n) is 3.88. The molecule has 0 spiro atoms. The number of benzene rings is 2. The molecule has 20 heavy (non-hydrogen) atoms. The van der Waals surface area contributed by atoms with Crippen LogP contribution < -0.4 is 5.32 Å². The first kappa shape index (κ1) is 14.5. The lowest BCUT2D eigenvalue weighted by molar-refractivity contribution is 0.102. The van der Waals surface area contributed by atoms with Crippen molar-refractivity contribution in [2.75, 3.05) is 5.32 Å². The standard InChI is InChI=1S/C14H7BrClFN2O/c15-12-6-9(17)1-3-11(12)14(20)19-10-2-4-13(16)8(5-10)7-18/h1-6H,(H,19,20). The first-order valence-electron chi connectivity index (χ1n) is 5.47. The zero-order valence-electron chi connectivity index (χ0n) is 9.95. The number of hydrogen-bond donors (Lipinski definition) is 1. The molecular weight excluding hydrogens is 347 g/mol. The molecule has 2 aromatic rings. The van der Waals surface area contributed by atoms with Gasteiger partial charge in [-0.25, -0.2) is 4.39 Å². The molecule has 0 atom stereocenters. The Labute approximate surface area is 128 Å². The van der Waals surface area contributed by atoms with Gasteiger partial charge in [0, 0.05) is 10.2 Å². The Hall–Kier alpha value is -1.90. The number of nitriles is 1. The Kier molecular flexibility index (Phi) is 4.38. The van der Waals surface area contributed by atoms with Gasteiger partial charge in [-0.1, -0.05) is 11.6 Å². The Bertz CT molecular complexity index is 728. The second-order valence-corrected chi connectivity index (χ2v) is 5.15. The van der Waals surface area contributed by atoms with Gasteiger partial charge in [-0.15, -0.1) is 0 Å². The number of rotatable bonds is 2. The summed E-state index contributed by atoms with van der Waals surface area (Å²) in [5.41, 5.74) is 0.995. The van der Waals surface area contributed by atoms with Crippen LogP contribution in [0.3, 0.4) is 0 Å². The van der Waals surface area contributed by atoms with Crippen LogP contribution in [-0.4, -0.2) is 5.91 Å². The van der Waals surface area contributed by atoms with E-state index in [-0.39, 0.29) is 5.56 Å². The Morgan fingerprint density at radius 3 is 2.70 bits per heavy atom. The van der Waals surface area contributed by atoms with Crippen molar-refractivity contribution in [2.45, 2.75) is 0 Å². The summed E-state index contributed by atoms with van der Waals surface area (Å²) in [5.74, 6) is -0.852. The third-order valence-corrected chi connectivity index (χ3v) is 3.51. The highest BCUT2D eigenvalue weighted by Crippen LogP contribution is 2.22. The molecule has 0 aliphatic carbocycles. The molecule has 1 N–H and O–H groups in total. The fraction of sp³-hybridized carbons (Fsp3) is 0. The highest BCUT2D eigenvalue weighted by atomic mass is 79.9. The van der Waals surface area contributed by atoms with E-state index < -0.39 is 11.7 Å². The third-order valence-electron chi connectivity index (χ3n) is 2.52. The maximum Gasteiger partial charge on any atom is 0.256 e. The molecule has 0 saturated carbocycles. The summed E-state index contributed by atoms with van der Waals surface area (Å²) in [4.78, 5) is 12.1. The first-order chi connectivity index (χ1) is 9.51. The lowest BCUT2D eigenvalue weighted by Crippen LogP contribution is -2.12. The molecule has 2 aromatic carbocycles.